The number of hydrogen-bond donors (Lipinski definition) is 2. The van der Waals surface area contributed by atoms with Gasteiger partial charge in [-0.05, 0) is 24.4 Å². The number of hydrogen-bond acceptors (Lipinski definition) is 5. The largest absolute Gasteiger partial charge is 0.386 e. The number of aryl methyl sites for hydroxylation is 1. The number of fused-ring (bicyclic) bond motifs is 1. The molecule has 1 amide bonds. The smallest absolute Gasteiger partial charge is 0.307 e. The monoisotopic (exact) mass is 348 g/mol. The molecule has 7 heteroatoms. The molecule has 0 fully saturated rings. The van der Waals surface area contributed by atoms with Crippen LogP contribution in [0.4, 0.5) is 0 Å². The van der Waals surface area contributed by atoms with Crippen LogP contribution in [0.25, 0.3) is 10.1 Å². The minimum atomic E-state index is -0.753. The summed E-state index contributed by atoms with van der Waals surface area (Å²) in [5, 5.41) is 15.7. The first-order valence-electron chi connectivity index (χ1n) is 7.13. The number of nitrogens with one attached hydrogen (secondary N) is 1. The Morgan fingerprint density at radius 3 is 2.87 bits per heavy atom. The first-order valence-corrected chi connectivity index (χ1v) is 8.82. The molecule has 3 rings (SSSR count). The Morgan fingerprint density at radius 2 is 2.17 bits per heavy atom. The van der Waals surface area contributed by atoms with Gasteiger partial charge in [-0.15, -0.1) is 11.3 Å². The normalized spacial score (nSPS) is 12.4. The molecule has 2 heterocycles. The van der Waals surface area contributed by atoms with E-state index in [4.69, 9.17) is 0 Å². The van der Waals surface area contributed by atoms with E-state index < -0.39 is 6.10 Å². The number of aliphatic hydroxyl groups is 1. The highest BCUT2D eigenvalue weighted by Gasteiger charge is 2.14. The Bertz CT molecular complexity index is 861. The quantitative estimate of drug-likeness (QED) is 0.743. The van der Waals surface area contributed by atoms with E-state index in [9.17, 15) is 14.7 Å². The first kappa shape index (κ1) is 15.9. The van der Waals surface area contributed by atoms with Crippen molar-refractivity contribution in [2.45, 2.75) is 19.6 Å². The number of carbonyl (C=O) groups is 1. The van der Waals surface area contributed by atoms with Gasteiger partial charge in [0, 0.05) is 27.2 Å². The summed E-state index contributed by atoms with van der Waals surface area (Å²) in [6, 6.07) is 9.84. The van der Waals surface area contributed by atoms with Gasteiger partial charge in [-0.25, -0.2) is 0 Å². The van der Waals surface area contributed by atoms with Gasteiger partial charge in [-0.1, -0.05) is 29.5 Å². The minimum absolute atomic E-state index is 0.0205. The second kappa shape index (κ2) is 6.66. The fourth-order valence-electron chi connectivity index (χ4n) is 2.27. The number of rotatable bonds is 5. The Morgan fingerprint density at radius 1 is 1.39 bits per heavy atom. The second-order valence-corrected chi connectivity index (χ2v) is 7.17. The molecule has 0 saturated carbocycles. The number of aromatic nitrogens is 1. The third kappa shape index (κ3) is 3.52. The Labute approximate surface area is 140 Å². The van der Waals surface area contributed by atoms with Gasteiger partial charge in [-0.3, -0.25) is 14.2 Å². The fourth-order valence-corrected chi connectivity index (χ4v) is 4.06. The van der Waals surface area contributed by atoms with E-state index in [-0.39, 0.29) is 23.9 Å². The third-order valence-electron chi connectivity index (χ3n) is 3.54. The first-order chi connectivity index (χ1) is 11.0. The molecule has 2 aromatic heterocycles. The summed E-state index contributed by atoms with van der Waals surface area (Å²) in [5.41, 5.74) is 0.764. The lowest BCUT2D eigenvalue weighted by atomic mass is 10.2. The van der Waals surface area contributed by atoms with E-state index >= 15 is 0 Å². The zero-order valence-electron chi connectivity index (χ0n) is 12.5. The van der Waals surface area contributed by atoms with Crippen LogP contribution in [0.3, 0.4) is 0 Å². The molecule has 23 heavy (non-hydrogen) atoms. The van der Waals surface area contributed by atoms with Crippen molar-refractivity contribution in [3.05, 3.63) is 56.0 Å². The van der Waals surface area contributed by atoms with Gasteiger partial charge in [0.15, 0.2) is 0 Å². The van der Waals surface area contributed by atoms with Crippen LogP contribution in [-0.2, 0) is 11.3 Å². The number of carbonyl (C=O) groups excluding carboxylic acids is 1. The van der Waals surface area contributed by atoms with Crippen molar-refractivity contribution in [3.8, 4) is 0 Å². The number of amides is 1. The van der Waals surface area contributed by atoms with Crippen LogP contribution in [0.5, 0.6) is 0 Å². The summed E-state index contributed by atoms with van der Waals surface area (Å²) >= 11 is 2.59. The van der Waals surface area contributed by atoms with Gasteiger partial charge in [0.2, 0.25) is 5.91 Å². The summed E-state index contributed by atoms with van der Waals surface area (Å²) in [6.45, 7) is 1.90. The number of thiophene rings is 1. The van der Waals surface area contributed by atoms with Crippen LogP contribution in [0.1, 0.15) is 16.7 Å². The molecule has 0 saturated heterocycles. The number of aliphatic hydroxyl groups excluding tert-OH is 1. The van der Waals surface area contributed by atoms with Crippen molar-refractivity contribution in [1.82, 2.24) is 9.88 Å². The van der Waals surface area contributed by atoms with E-state index in [1.54, 1.807) is 12.3 Å². The molecule has 0 radical (unpaired) electrons. The van der Waals surface area contributed by atoms with Crippen molar-refractivity contribution in [2.24, 2.45) is 0 Å². The zero-order valence-corrected chi connectivity index (χ0v) is 14.1. The van der Waals surface area contributed by atoms with E-state index in [1.165, 1.54) is 15.9 Å². The highest BCUT2D eigenvalue weighted by molar-refractivity contribution is 7.19. The van der Waals surface area contributed by atoms with Crippen LogP contribution < -0.4 is 10.2 Å². The number of benzene rings is 1. The average molecular weight is 348 g/mol. The van der Waals surface area contributed by atoms with Crippen molar-refractivity contribution in [1.29, 1.82) is 0 Å². The fraction of sp³-hybridized carbons (Fsp3) is 0.250. The van der Waals surface area contributed by atoms with Crippen molar-refractivity contribution in [2.75, 3.05) is 6.54 Å². The molecule has 1 atom stereocenters. The van der Waals surface area contributed by atoms with Crippen molar-refractivity contribution >= 4 is 38.7 Å². The van der Waals surface area contributed by atoms with E-state index in [1.807, 2.05) is 30.3 Å². The predicted octanol–water partition coefficient (Wildman–Crippen LogP) is 2.28. The van der Waals surface area contributed by atoms with Gasteiger partial charge in [0.25, 0.3) is 0 Å². The van der Waals surface area contributed by atoms with Gasteiger partial charge < -0.3 is 10.4 Å². The average Bonchev–Trinajstić information content (AvgIpc) is 3.11. The van der Waals surface area contributed by atoms with Crippen LogP contribution in [0.15, 0.2) is 40.5 Å². The SMILES string of the molecule is Cc1csc(=O)n1CC(=O)NCC(O)c1cc2ccccc2s1. The Hall–Kier alpha value is -1.96. The Balaban J connectivity index is 1.61. The lowest BCUT2D eigenvalue weighted by Crippen LogP contribution is -2.33. The van der Waals surface area contributed by atoms with Gasteiger partial charge in [0.05, 0.1) is 0 Å². The van der Waals surface area contributed by atoms with Crippen molar-refractivity contribution in [3.63, 3.8) is 0 Å². The standard InChI is InChI=1S/C16H16N2O3S2/c1-10-9-22-16(21)18(10)8-15(20)17-7-12(19)14-6-11-4-2-3-5-13(11)23-14/h2-6,9,12,19H,7-8H2,1H3,(H,17,20). The van der Waals surface area contributed by atoms with E-state index in [0.29, 0.717) is 0 Å². The summed E-state index contributed by atoms with van der Waals surface area (Å²) in [7, 11) is 0. The lowest BCUT2D eigenvalue weighted by Gasteiger charge is -2.10. The summed E-state index contributed by atoms with van der Waals surface area (Å²) < 4.78 is 2.53. The topological polar surface area (TPSA) is 71.3 Å². The maximum atomic E-state index is 11.9. The molecule has 5 nitrogen and oxygen atoms in total. The molecule has 0 aliphatic rings. The van der Waals surface area contributed by atoms with Crippen LogP contribution in [-0.4, -0.2) is 22.1 Å². The van der Waals surface area contributed by atoms with Crippen LogP contribution in [0, 0.1) is 6.92 Å². The molecule has 0 aliphatic carbocycles. The van der Waals surface area contributed by atoms with Crippen LogP contribution >= 0.6 is 22.7 Å². The molecule has 0 spiro atoms. The second-order valence-electron chi connectivity index (χ2n) is 5.24. The maximum absolute atomic E-state index is 11.9. The predicted molar refractivity (Wildman–Crippen MR) is 93.1 cm³/mol. The summed E-state index contributed by atoms with van der Waals surface area (Å²) in [6.07, 6.45) is -0.753. The lowest BCUT2D eigenvalue weighted by molar-refractivity contribution is -0.122. The van der Waals surface area contributed by atoms with Gasteiger partial charge >= 0.3 is 4.87 Å². The highest BCUT2D eigenvalue weighted by atomic mass is 32.1. The van der Waals surface area contributed by atoms with Gasteiger partial charge in [-0.2, -0.15) is 0 Å². The third-order valence-corrected chi connectivity index (χ3v) is 5.64. The number of thiazole rings is 1. The van der Waals surface area contributed by atoms with Crippen molar-refractivity contribution < 1.29 is 9.90 Å². The van der Waals surface area contributed by atoms with E-state index in [0.717, 1.165) is 32.0 Å². The molecule has 2 N–H and O–H groups in total. The molecule has 0 bridgehead atoms. The molecular weight excluding hydrogens is 332 g/mol. The molecule has 3 aromatic rings. The summed E-state index contributed by atoms with van der Waals surface area (Å²) in [5.74, 6) is -0.284. The molecule has 1 aromatic carbocycles. The van der Waals surface area contributed by atoms with Crippen LogP contribution in [0.2, 0.25) is 0 Å². The number of nitrogens with zero attached hydrogens (tertiary/aromatic N) is 1. The zero-order chi connectivity index (χ0) is 16.4. The molecular formula is C16H16N2O3S2. The highest BCUT2D eigenvalue weighted by Crippen LogP contribution is 2.29. The van der Waals surface area contributed by atoms with Gasteiger partial charge in [0.1, 0.15) is 12.6 Å². The maximum Gasteiger partial charge on any atom is 0.307 e. The summed E-state index contributed by atoms with van der Waals surface area (Å²) in [4.78, 5) is 24.2. The molecule has 0 aliphatic heterocycles. The molecule has 1 unspecified atom stereocenters. The molecule has 120 valence electrons. The Kier molecular flexibility index (Phi) is 4.61. The van der Waals surface area contributed by atoms with E-state index in [2.05, 4.69) is 5.32 Å². The minimum Gasteiger partial charge on any atom is -0.386 e.